The summed E-state index contributed by atoms with van der Waals surface area (Å²) < 4.78 is 0. The Balaban J connectivity index is 3.06. The number of nitrogens with two attached hydrogens (primary N) is 1. The zero-order chi connectivity index (χ0) is 7.11. The molecular formula is C5H12N2O2. The lowest BCUT2D eigenvalue weighted by molar-refractivity contribution is -0.151. The quantitative estimate of drug-likeness (QED) is 0.420. The SMILES string of the molecule is CCCCC(=O)ONN. The molecule has 0 radical (unpaired) electrons. The van der Waals surface area contributed by atoms with E-state index in [4.69, 9.17) is 5.84 Å². The number of unbranched alkanes of at least 4 members (excludes halogenated alkanes) is 1. The fourth-order valence-electron chi connectivity index (χ4n) is 0.438. The van der Waals surface area contributed by atoms with Crippen molar-refractivity contribution in [2.24, 2.45) is 5.84 Å². The Kier molecular flexibility index (Phi) is 5.15. The lowest BCUT2D eigenvalue weighted by Crippen LogP contribution is -2.25. The summed E-state index contributed by atoms with van der Waals surface area (Å²) in [5.41, 5.74) is 1.83. The second-order valence-electron chi connectivity index (χ2n) is 1.70. The molecule has 0 bridgehead atoms. The lowest BCUT2D eigenvalue weighted by Gasteiger charge is -1.97. The highest BCUT2D eigenvalue weighted by Crippen LogP contribution is 1.93. The lowest BCUT2D eigenvalue weighted by atomic mass is 10.3. The van der Waals surface area contributed by atoms with E-state index >= 15 is 0 Å². The Bertz CT molecular complexity index is 85.0. The van der Waals surface area contributed by atoms with Crippen LogP contribution in [0.5, 0.6) is 0 Å². The summed E-state index contributed by atoms with van der Waals surface area (Å²) in [6.45, 7) is 2.00. The molecule has 4 heteroatoms. The molecule has 54 valence electrons. The van der Waals surface area contributed by atoms with Gasteiger partial charge < -0.3 is 4.84 Å². The van der Waals surface area contributed by atoms with Crippen molar-refractivity contribution in [1.82, 2.24) is 5.59 Å². The van der Waals surface area contributed by atoms with E-state index in [0.29, 0.717) is 6.42 Å². The second-order valence-corrected chi connectivity index (χ2v) is 1.70. The van der Waals surface area contributed by atoms with E-state index in [0.717, 1.165) is 12.8 Å². The monoisotopic (exact) mass is 132 g/mol. The second kappa shape index (κ2) is 5.53. The highest BCUT2D eigenvalue weighted by atomic mass is 16.7. The third-order valence-electron chi connectivity index (χ3n) is 0.907. The van der Waals surface area contributed by atoms with E-state index in [1.54, 1.807) is 0 Å². The van der Waals surface area contributed by atoms with E-state index in [9.17, 15) is 4.79 Å². The van der Waals surface area contributed by atoms with Crippen LogP contribution in [-0.2, 0) is 9.63 Å². The first-order chi connectivity index (χ1) is 4.31. The number of hydrogen-bond donors (Lipinski definition) is 2. The molecule has 0 spiro atoms. The average Bonchev–Trinajstić information content (AvgIpc) is 1.85. The minimum Gasteiger partial charge on any atom is -0.356 e. The molecule has 0 saturated heterocycles. The molecule has 4 nitrogen and oxygen atoms in total. The standard InChI is InChI=1S/C5H12N2O2/c1-2-3-4-5(8)9-7-6/h7H,2-4,6H2,1H3. The molecule has 0 fully saturated rings. The van der Waals surface area contributed by atoms with Crippen LogP contribution in [0.1, 0.15) is 26.2 Å². The van der Waals surface area contributed by atoms with Crippen LogP contribution in [0.25, 0.3) is 0 Å². The number of hydrogen-bond acceptors (Lipinski definition) is 4. The first-order valence-electron chi connectivity index (χ1n) is 2.96. The van der Waals surface area contributed by atoms with E-state index in [2.05, 4.69) is 4.84 Å². The van der Waals surface area contributed by atoms with Crippen LogP contribution in [0.2, 0.25) is 0 Å². The van der Waals surface area contributed by atoms with Gasteiger partial charge in [0.1, 0.15) is 0 Å². The van der Waals surface area contributed by atoms with Gasteiger partial charge in [0.2, 0.25) is 0 Å². The van der Waals surface area contributed by atoms with Gasteiger partial charge in [-0.2, -0.15) is 0 Å². The minimum absolute atomic E-state index is 0.306. The van der Waals surface area contributed by atoms with Crippen LogP contribution in [-0.4, -0.2) is 5.97 Å². The molecule has 0 amide bonds. The maximum atomic E-state index is 10.4. The predicted molar refractivity (Wildman–Crippen MR) is 32.9 cm³/mol. The fraction of sp³-hybridized carbons (Fsp3) is 0.800. The summed E-state index contributed by atoms with van der Waals surface area (Å²) in [6.07, 6.45) is 2.26. The summed E-state index contributed by atoms with van der Waals surface area (Å²) in [6, 6.07) is 0. The molecule has 0 aliphatic carbocycles. The molecule has 0 aliphatic rings. The molecule has 0 unspecified atom stereocenters. The average molecular weight is 132 g/mol. The Hall–Kier alpha value is -0.610. The number of hydrazine groups is 1. The van der Waals surface area contributed by atoms with Gasteiger partial charge in [0.05, 0.1) is 0 Å². The molecule has 0 aromatic heterocycles. The van der Waals surface area contributed by atoms with E-state index in [1.165, 1.54) is 0 Å². The van der Waals surface area contributed by atoms with Crippen molar-refractivity contribution in [3.8, 4) is 0 Å². The van der Waals surface area contributed by atoms with Gasteiger partial charge in [0.15, 0.2) is 0 Å². The van der Waals surface area contributed by atoms with Crippen molar-refractivity contribution in [1.29, 1.82) is 0 Å². The van der Waals surface area contributed by atoms with Crippen LogP contribution in [0.3, 0.4) is 0 Å². The van der Waals surface area contributed by atoms with Gasteiger partial charge in [0.25, 0.3) is 0 Å². The maximum absolute atomic E-state index is 10.4. The zero-order valence-corrected chi connectivity index (χ0v) is 5.52. The minimum atomic E-state index is -0.306. The summed E-state index contributed by atoms with van der Waals surface area (Å²) in [4.78, 5) is 14.7. The predicted octanol–water partition coefficient (Wildman–Crippen LogP) is 0.0981. The number of rotatable bonds is 4. The van der Waals surface area contributed by atoms with Crippen molar-refractivity contribution >= 4 is 5.97 Å². The first kappa shape index (κ1) is 8.39. The third kappa shape index (κ3) is 5.26. The Morgan fingerprint density at radius 3 is 2.89 bits per heavy atom. The molecule has 0 atom stereocenters. The van der Waals surface area contributed by atoms with Crippen LogP contribution >= 0.6 is 0 Å². The van der Waals surface area contributed by atoms with Crippen LogP contribution in [0.15, 0.2) is 0 Å². The van der Waals surface area contributed by atoms with E-state index < -0.39 is 0 Å². The van der Waals surface area contributed by atoms with Gasteiger partial charge in [-0.25, -0.2) is 5.84 Å². The molecule has 3 N–H and O–H groups in total. The smallest absolute Gasteiger partial charge is 0.326 e. The molecule has 9 heavy (non-hydrogen) atoms. The van der Waals surface area contributed by atoms with Crippen molar-refractivity contribution < 1.29 is 9.63 Å². The van der Waals surface area contributed by atoms with Gasteiger partial charge in [-0.3, -0.25) is 4.79 Å². The topological polar surface area (TPSA) is 64.3 Å². The summed E-state index contributed by atoms with van der Waals surface area (Å²) in [7, 11) is 0. The summed E-state index contributed by atoms with van der Waals surface area (Å²) in [5.74, 6) is 4.40. The fourth-order valence-corrected chi connectivity index (χ4v) is 0.438. The van der Waals surface area contributed by atoms with Crippen molar-refractivity contribution in [3.05, 3.63) is 0 Å². The molecule has 0 saturated carbocycles. The van der Waals surface area contributed by atoms with Gasteiger partial charge in [0, 0.05) is 6.42 Å². The van der Waals surface area contributed by atoms with Crippen molar-refractivity contribution in [2.75, 3.05) is 0 Å². The van der Waals surface area contributed by atoms with Gasteiger partial charge >= 0.3 is 5.97 Å². The molecular weight excluding hydrogens is 120 g/mol. The van der Waals surface area contributed by atoms with Gasteiger partial charge in [-0.15, -0.1) is 0 Å². The highest BCUT2D eigenvalue weighted by Gasteiger charge is 1.98. The van der Waals surface area contributed by atoms with Crippen LogP contribution in [0.4, 0.5) is 0 Å². The molecule has 0 aromatic rings. The Morgan fingerprint density at radius 1 is 1.78 bits per heavy atom. The summed E-state index contributed by atoms with van der Waals surface area (Å²) in [5, 5.41) is 0. The van der Waals surface area contributed by atoms with E-state index in [-0.39, 0.29) is 5.97 Å². The first-order valence-corrected chi connectivity index (χ1v) is 2.96. The largest absolute Gasteiger partial charge is 0.356 e. The molecule has 0 aliphatic heterocycles. The van der Waals surface area contributed by atoms with Crippen LogP contribution < -0.4 is 11.4 Å². The van der Waals surface area contributed by atoms with Gasteiger partial charge in [-0.1, -0.05) is 18.9 Å². The van der Waals surface area contributed by atoms with E-state index in [1.807, 2.05) is 12.5 Å². The highest BCUT2D eigenvalue weighted by molar-refractivity contribution is 5.68. The van der Waals surface area contributed by atoms with Gasteiger partial charge in [-0.05, 0) is 6.42 Å². The van der Waals surface area contributed by atoms with Crippen LogP contribution in [0, 0.1) is 0 Å². The Labute approximate surface area is 54.3 Å². The molecule has 0 aromatic carbocycles. The molecule has 0 heterocycles. The normalized spacial score (nSPS) is 9.11. The van der Waals surface area contributed by atoms with Crippen molar-refractivity contribution in [3.63, 3.8) is 0 Å². The molecule has 0 rings (SSSR count). The maximum Gasteiger partial charge on any atom is 0.326 e. The zero-order valence-electron chi connectivity index (χ0n) is 5.52. The Morgan fingerprint density at radius 2 is 2.44 bits per heavy atom. The summed E-state index contributed by atoms with van der Waals surface area (Å²) >= 11 is 0. The van der Waals surface area contributed by atoms with Crippen molar-refractivity contribution in [2.45, 2.75) is 26.2 Å². The number of nitrogens with one attached hydrogen (secondary N) is 1. The third-order valence-corrected chi connectivity index (χ3v) is 0.907. The number of carbonyl (C=O) groups is 1. The number of carbonyl (C=O) groups excluding carboxylic acids is 1.